The minimum atomic E-state index is -4.71. The van der Waals surface area contributed by atoms with Gasteiger partial charge in [0.2, 0.25) is 5.91 Å². The number of para-hydroxylation sites is 1. The Morgan fingerprint density at radius 3 is 2.35 bits per heavy atom. The van der Waals surface area contributed by atoms with E-state index in [0.29, 0.717) is 70.5 Å². The molecule has 3 amide bonds. The number of rotatable bonds is 5. The first-order valence-electron chi connectivity index (χ1n) is 17.2. The van der Waals surface area contributed by atoms with Crippen molar-refractivity contribution in [2.24, 2.45) is 5.92 Å². The molecule has 5 fully saturated rings. The number of nitrogens with two attached hydrogens (primary N) is 1. The molecule has 6 aliphatic rings. The molecule has 1 spiro atoms. The maximum absolute atomic E-state index is 14.1. The summed E-state index contributed by atoms with van der Waals surface area (Å²) in [6, 6.07) is 10.5. The number of hydrogen-bond acceptors (Lipinski definition) is 7. The number of anilines is 2. The van der Waals surface area contributed by atoms with E-state index < -0.39 is 40.9 Å². The minimum absolute atomic E-state index is 0.0547. The highest BCUT2D eigenvalue weighted by molar-refractivity contribution is 9.10. The molecule has 8 rings (SSSR count). The van der Waals surface area contributed by atoms with Gasteiger partial charge in [0, 0.05) is 80.3 Å². The van der Waals surface area contributed by atoms with E-state index in [1.54, 1.807) is 4.90 Å². The molecule has 14 heteroatoms. The number of halogens is 4. The zero-order valence-electron chi connectivity index (χ0n) is 27.3. The Kier molecular flexibility index (Phi) is 9.33. The second-order valence-electron chi connectivity index (χ2n) is 14.2. The summed E-state index contributed by atoms with van der Waals surface area (Å²) in [5, 5.41) is 2.93. The van der Waals surface area contributed by atoms with Gasteiger partial charge in [0.1, 0.15) is 0 Å². The first kappa shape index (κ1) is 34.1. The van der Waals surface area contributed by atoms with Gasteiger partial charge in [-0.15, -0.1) is 0 Å². The highest BCUT2D eigenvalue weighted by Gasteiger charge is 2.45. The summed E-state index contributed by atoms with van der Waals surface area (Å²) < 4.78 is 47.6. The Bertz CT molecular complexity index is 1600. The molecule has 49 heavy (non-hydrogen) atoms. The maximum atomic E-state index is 14.1. The van der Waals surface area contributed by atoms with Crippen molar-refractivity contribution < 1.29 is 32.3 Å². The fraction of sp³-hybridized carbons (Fsp3) is 0.571. The van der Waals surface area contributed by atoms with E-state index in [1.807, 2.05) is 24.3 Å². The highest BCUT2D eigenvalue weighted by Crippen LogP contribution is 2.45. The fourth-order valence-electron chi connectivity index (χ4n) is 8.66. The molecule has 0 aliphatic carbocycles. The number of piperidine rings is 4. The Morgan fingerprint density at radius 2 is 1.69 bits per heavy atom. The van der Waals surface area contributed by atoms with Crippen LogP contribution in [0, 0.1) is 5.92 Å². The molecule has 0 saturated carbocycles. The molecule has 264 valence electrons. The van der Waals surface area contributed by atoms with Gasteiger partial charge < -0.3 is 30.5 Å². The summed E-state index contributed by atoms with van der Waals surface area (Å²) in [5.74, 6) is 0.171. The Labute approximate surface area is 292 Å². The average Bonchev–Trinajstić information content (AvgIpc) is 3.09. The highest BCUT2D eigenvalue weighted by atomic mass is 79.9. The molecule has 6 heterocycles. The molecule has 2 bridgehead atoms. The van der Waals surface area contributed by atoms with Crippen LogP contribution in [0.4, 0.5) is 29.3 Å². The lowest BCUT2D eigenvalue weighted by molar-refractivity contribution is -0.143. The molecule has 1 unspecified atom stereocenters. The van der Waals surface area contributed by atoms with Crippen LogP contribution in [-0.4, -0.2) is 109 Å². The van der Waals surface area contributed by atoms with E-state index in [1.165, 1.54) is 23.8 Å². The van der Waals surface area contributed by atoms with Crippen molar-refractivity contribution in [2.75, 3.05) is 70.0 Å². The van der Waals surface area contributed by atoms with E-state index in [-0.39, 0.29) is 22.4 Å². The number of nitrogens with zero attached hydrogens (tertiary/aromatic N) is 4. The minimum Gasteiger partial charge on any atom is -0.436 e. The fourth-order valence-corrected chi connectivity index (χ4v) is 9.16. The summed E-state index contributed by atoms with van der Waals surface area (Å²) in [6.07, 6.45) is -3.21. The quantitative estimate of drug-likeness (QED) is 0.427. The van der Waals surface area contributed by atoms with Gasteiger partial charge in [-0.25, -0.2) is 4.79 Å². The van der Waals surface area contributed by atoms with Crippen molar-refractivity contribution in [2.45, 2.75) is 62.3 Å². The Morgan fingerprint density at radius 1 is 1.00 bits per heavy atom. The number of carbonyl (C=O) groups excluding carboxylic acids is 3. The number of alkyl halides is 3. The first-order valence-corrected chi connectivity index (χ1v) is 17.9. The van der Waals surface area contributed by atoms with E-state index in [2.05, 4.69) is 31.0 Å². The van der Waals surface area contributed by atoms with E-state index in [4.69, 9.17) is 10.5 Å². The number of amides is 3. The van der Waals surface area contributed by atoms with E-state index in [0.717, 1.165) is 37.0 Å². The second-order valence-corrected chi connectivity index (χ2v) is 15.1. The number of likely N-dealkylation sites (tertiary alicyclic amines) is 1. The van der Waals surface area contributed by atoms with Crippen LogP contribution in [0.25, 0.3) is 0 Å². The Balaban J connectivity index is 1.07. The molecule has 10 nitrogen and oxygen atoms in total. The van der Waals surface area contributed by atoms with Crippen LogP contribution in [0.5, 0.6) is 0 Å². The van der Waals surface area contributed by atoms with E-state index >= 15 is 0 Å². The predicted molar refractivity (Wildman–Crippen MR) is 181 cm³/mol. The van der Waals surface area contributed by atoms with Gasteiger partial charge in [-0.1, -0.05) is 18.2 Å². The summed E-state index contributed by atoms with van der Waals surface area (Å²) in [7, 11) is 0. The summed E-state index contributed by atoms with van der Waals surface area (Å²) in [6.45, 7) is 6.23. The third-order valence-corrected chi connectivity index (χ3v) is 12.1. The zero-order chi connectivity index (χ0) is 34.5. The van der Waals surface area contributed by atoms with Crippen LogP contribution in [0.1, 0.15) is 48.8 Å². The molecule has 3 N–H and O–H groups in total. The summed E-state index contributed by atoms with van der Waals surface area (Å²) in [4.78, 5) is 48.5. The number of benzene rings is 2. The summed E-state index contributed by atoms with van der Waals surface area (Å²) in [5.41, 5.74) is 5.88. The van der Waals surface area contributed by atoms with Gasteiger partial charge in [0.05, 0.1) is 11.3 Å². The molecule has 2 atom stereocenters. The number of nitrogen functional groups attached to an aromatic ring is 1. The number of piperazine rings is 1. The van der Waals surface area contributed by atoms with Crippen molar-refractivity contribution >= 4 is 45.2 Å². The first-order chi connectivity index (χ1) is 23.4. The van der Waals surface area contributed by atoms with Crippen LogP contribution in [-0.2, 0) is 32.3 Å². The van der Waals surface area contributed by atoms with Gasteiger partial charge in [-0.05, 0) is 89.9 Å². The van der Waals surface area contributed by atoms with Crippen LogP contribution < -0.4 is 11.1 Å². The maximum Gasteiger partial charge on any atom is 0.418 e. The lowest BCUT2D eigenvalue weighted by Crippen LogP contribution is -2.62. The number of fused-ring (bicyclic) bond motifs is 5. The van der Waals surface area contributed by atoms with E-state index in [9.17, 15) is 27.6 Å². The smallest absolute Gasteiger partial charge is 0.418 e. The van der Waals surface area contributed by atoms with Gasteiger partial charge in [0.15, 0.2) is 6.10 Å². The molecular formula is C35H42BrF3N6O4. The lowest BCUT2D eigenvalue weighted by atomic mass is 9.68. The largest absolute Gasteiger partial charge is 0.436 e. The van der Waals surface area contributed by atoms with Crippen molar-refractivity contribution in [1.29, 1.82) is 0 Å². The van der Waals surface area contributed by atoms with Crippen molar-refractivity contribution in [3.63, 3.8) is 0 Å². The summed E-state index contributed by atoms with van der Waals surface area (Å²) >= 11 is 3.14. The Hall–Kier alpha value is -3.36. The molecule has 2 aromatic carbocycles. The van der Waals surface area contributed by atoms with Crippen LogP contribution >= 0.6 is 15.9 Å². The number of hydrogen-bond donors (Lipinski definition) is 2. The lowest BCUT2D eigenvalue weighted by Gasteiger charge is -2.51. The molecule has 2 aromatic rings. The van der Waals surface area contributed by atoms with Crippen molar-refractivity contribution in [3.05, 3.63) is 57.6 Å². The SMILES string of the molecule is Nc1c(Br)cc(C[C@@H](OC(=O)N2CCC3(CC2)CC(=O)Nc2ccccc23)C(=O)N2CCN(C3CN4CCC3CC4)CC2)cc1C(F)(F)F. The van der Waals surface area contributed by atoms with Crippen molar-refractivity contribution in [1.82, 2.24) is 19.6 Å². The zero-order valence-corrected chi connectivity index (χ0v) is 28.9. The molecule has 0 radical (unpaired) electrons. The van der Waals surface area contributed by atoms with Crippen LogP contribution in [0.2, 0.25) is 0 Å². The van der Waals surface area contributed by atoms with Gasteiger partial charge in [0.25, 0.3) is 5.91 Å². The van der Waals surface area contributed by atoms with Crippen LogP contribution in [0.3, 0.4) is 0 Å². The number of carbonyl (C=O) groups is 3. The molecule has 6 aliphatic heterocycles. The monoisotopic (exact) mass is 746 g/mol. The number of nitrogens with one attached hydrogen (secondary N) is 1. The third kappa shape index (κ3) is 6.88. The predicted octanol–water partition coefficient (Wildman–Crippen LogP) is 4.71. The van der Waals surface area contributed by atoms with Gasteiger partial charge >= 0.3 is 12.3 Å². The van der Waals surface area contributed by atoms with Gasteiger partial charge in [-0.2, -0.15) is 13.2 Å². The second kappa shape index (κ2) is 13.4. The normalized spacial score (nSPS) is 25.9. The molecule has 0 aromatic heterocycles. The van der Waals surface area contributed by atoms with Gasteiger partial charge in [-0.3, -0.25) is 14.5 Å². The standard InChI is InChI=1S/C35H42BrF3N6O4/c36-26-18-22(17-25(31(26)40)35(37,38)39)19-29(32(47)44-15-13-43(14-16-44)28-21-42-9-5-23(28)6-10-42)49-33(48)45-11-7-34(8-12-45)20-30(46)41-27-4-2-1-3-24(27)34/h1-4,17-18,23,28-29H,5-16,19-21,40H2,(H,41,46)/t28?,29-/m1/s1. The third-order valence-electron chi connectivity index (χ3n) is 11.4. The average molecular weight is 748 g/mol. The molecular weight excluding hydrogens is 705 g/mol. The number of ether oxygens (including phenoxy) is 1. The molecule has 5 saturated heterocycles. The van der Waals surface area contributed by atoms with Crippen LogP contribution in [0.15, 0.2) is 40.9 Å². The topological polar surface area (TPSA) is 111 Å². The van der Waals surface area contributed by atoms with Crippen molar-refractivity contribution in [3.8, 4) is 0 Å².